The van der Waals surface area contributed by atoms with Crippen LogP contribution in [0.5, 0.6) is 5.75 Å². The number of imidazole rings is 1. The van der Waals surface area contributed by atoms with Gasteiger partial charge in [0.15, 0.2) is 5.75 Å². The maximum Gasteiger partial charge on any atom is 0.573 e. The highest BCUT2D eigenvalue weighted by Crippen LogP contribution is 2.36. The Labute approximate surface area is 190 Å². The lowest BCUT2D eigenvalue weighted by Gasteiger charge is -2.32. The Morgan fingerprint density at radius 2 is 2.06 bits per heavy atom. The number of alkyl halides is 3. The van der Waals surface area contributed by atoms with Gasteiger partial charge in [0.05, 0.1) is 17.7 Å². The molecule has 10 nitrogen and oxygen atoms in total. The van der Waals surface area contributed by atoms with Crippen molar-refractivity contribution in [3.05, 3.63) is 59.6 Å². The summed E-state index contributed by atoms with van der Waals surface area (Å²) in [5, 5.41) is 12.3. The second-order valence-electron chi connectivity index (χ2n) is 8.90. The van der Waals surface area contributed by atoms with Gasteiger partial charge in [-0.1, -0.05) is 20.8 Å². The molecule has 0 radical (unpaired) electrons. The van der Waals surface area contributed by atoms with E-state index in [-0.39, 0.29) is 18.0 Å². The van der Waals surface area contributed by atoms with Crippen molar-refractivity contribution in [2.45, 2.75) is 45.0 Å². The van der Waals surface area contributed by atoms with Gasteiger partial charge in [-0.25, -0.2) is 9.50 Å². The van der Waals surface area contributed by atoms with E-state index in [1.807, 2.05) is 20.8 Å². The highest BCUT2D eigenvalue weighted by molar-refractivity contribution is 5.90. The van der Waals surface area contributed by atoms with Crippen molar-refractivity contribution < 1.29 is 27.1 Å². The summed E-state index contributed by atoms with van der Waals surface area (Å²) in [6.07, 6.45) is -1.37. The van der Waals surface area contributed by atoms with Crippen molar-refractivity contribution in [2.24, 2.45) is 0 Å². The van der Waals surface area contributed by atoms with Gasteiger partial charge in [-0.3, -0.25) is 4.79 Å². The van der Waals surface area contributed by atoms with E-state index in [1.165, 1.54) is 40.1 Å². The van der Waals surface area contributed by atoms with Crippen molar-refractivity contribution >= 4 is 11.4 Å². The number of nitrogens with zero attached hydrogens (tertiary/aromatic N) is 6. The van der Waals surface area contributed by atoms with Crippen molar-refractivity contribution in [1.29, 1.82) is 0 Å². The summed E-state index contributed by atoms with van der Waals surface area (Å²) in [6, 6.07) is 3.25. The lowest BCUT2D eigenvalue weighted by atomic mass is 9.97. The highest BCUT2D eigenvalue weighted by Gasteiger charge is 2.39. The zero-order valence-corrected chi connectivity index (χ0v) is 18.4. The number of carbonyl (C=O) groups excluding carboxylic acids is 1. The molecule has 1 aliphatic rings. The molecule has 1 atom stereocenters. The zero-order chi connectivity index (χ0) is 24.3. The van der Waals surface area contributed by atoms with Gasteiger partial charge in [0.25, 0.3) is 0 Å². The zero-order valence-electron chi connectivity index (χ0n) is 18.4. The molecule has 34 heavy (non-hydrogen) atoms. The summed E-state index contributed by atoms with van der Waals surface area (Å²) in [5.74, 6) is -0.799. The summed E-state index contributed by atoms with van der Waals surface area (Å²) in [7, 11) is 0. The number of carbonyl (C=O) groups is 1. The Hall–Kier alpha value is -3.90. The number of hydrogen-bond donors (Lipinski definition) is 1. The lowest BCUT2D eigenvalue weighted by Crippen LogP contribution is -2.41. The Balaban J connectivity index is 1.58. The SMILES string of the molecule is CC(C)(C)c1nnc(C(=O)N2CCc3[nH]cnc3C2c2cc3c(OC(F)(F)F)cccn3n2)o1. The largest absolute Gasteiger partial charge is 0.573 e. The highest BCUT2D eigenvalue weighted by atomic mass is 19.4. The van der Waals surface area contributed by atoms with E-state index in [2.05, 4.69) is 30.0 Å². The van der Waals surface area contributed by atoms with Crippen LogP contribution in [0, 0.1) is 0 Å². The van der Waals surface area contributed by atoms with Crippen molar-refractivity contribution in [2.75, 3.05) is 6.54 Å². The predicted octanol–water partition coefficient (Wildman–Crippen LogP) is 3.42. The van der Waals surface area contributed by atoms with Gasteiger partial charge in [-0.05, 0) is 18.2 Å². The molecule has 0 fully saturated rings. The molecule has 0 aromatic carbocycles. The maximum atomic E-state index is 13.4. The molecule has 178 valence electrons. The Morgan fingerprint density at radius 3 is 2.76 bits per heavy atom. The number of ether oxygens (including phenoxy) is 1. The quantitative estimate of drug-likeness (QED) is 0.483. The first-order valence-electron chi connectivity index (χ1n) is 10.4. The van der Waals surface area contributed by atoms with E-state index in [1.54, 1.807) is 0 Å². The van der Waals surface area contributed by atoms with Gasteiger partial charge < -0.3 is 19.0 Å². The molecule has 4 aromatic rings. The molecular weight excluding hydrogens is 455 g/mol. The van der Waals surface area contributed by atoms with E-state index in [4.69, 9.17) is 4.42 Å². The standard InChI is InChI=1S/C21H20F3N7O3/c1-20(2,3)19-28-27-17(33-19)18(32)30-8-6-11-15(26-10-25-11)16(30)12-9-13-14(34-21(22,23)24)5-4-7-31(13)29-12/h4-5,7,9-10,16H,6,8H2,1-3H3,(H,25,26). The summed E-state index contributed by atoms with van der Waals surface area (Å²) in [4.78, 5) is 22.3. The van der Waals surface area contributed by atoms with Gasteiger partial charge in [0, 0.05) is 30.3 Å². The fraction of sp³-hybridized carbons (Fsp3) is 0.381. The number of amides is 1. The molecule has 13 heteroatoms. The number of nitrogens with one attached hydrogen (secondary N) is 1. The average Bonchev–Trinajstić information content (AvgIpc) is 3.49. The number of rotatable bonds is 3. The molecule has 1 unspecified atom stereocenters. The monoisotopic (exact) mass is 475 g/mol. The van der Waals surface area contributed by atoms with E-state index < -0.39 is 29.5 Å². The van der Waals surface area contributed by atoms with E-state index in [9.17, 15) is 18.0 Å². The van der Waals surface area contributed by atoms with Crippen LogP contribution in [0.15, 0.2) is 35.1 Å². The molecular formula is C21H20F3N7O3. The predicted molar refractivity (Wildman–Crippen MR) is 110 cm³/mol. The molecule has 1 N–H and O–H groups in total. The van der Waals surface area contributed by atoms with Gasteiger partial charge in [0.1, 0.15) is 11.6 Å². The second kappa shape index (κ2) is 7.57. The minimum atomic E-state index is -4.86. The average molecular weight is 475 g/mol. The first kappa shape index (κ1) is 21.9. The Bertz CT molecular complexity index is 1370. The third-order valence-electron chi connectivity index (χ3n) is 5.42. The Morgan fingerprint density at radius 1 is 1.26 bits per heavy atom. The number of H-pyrrole nitrogens is 1. The minimum absolute atomic E-state index is 0.0951. The lowest BCUT2D eigenvalue weighted by molar-refractivity contribution is -0.274. The smallest absolute Gasteiger partial charge is 0.416 e. The van der Waals surface area contributed by atoms with Crippen molar-refractivity contribution in [1.82, 2.24) is 34.7 Å². The van der Waals surface area contributed by atoms with Crippen molar-refractivity contribution in [3.8, 4) is 5.75 Å². The first-order chi connectivity index (χ1) is 16.0. The molecule has 1 amide bonds. The summed E-state index contributed by atoms with van der Waals surface area (Å²) >= 11 is 0. The van der Waals surface area contributed by atoms with Crippen LogP contribution in [0.2, 0.25) is 0 Å². The number of pyridine rings is 1. The topological polar surface area (TPSA) is 114 Å². The van der Waals surface area contributed by atoms with Gasteiger partial charge in [-0.15, -0.1) is 23.4 Å². The van der Waals surface area contributed by atoms with Crippen molar-refractivity contribution in [3.63, 3.8) is 0 Å². The minimum Gasteiger partial charge on any atom is -0.416 e. The Kier molecular flexibility index (Phi) is 4.88. The maximum absolute atomic E-state index is 13.4. The van der Waals surface area contributed by atoms with Gasteiger partial charge in [0.2, 0.25) is 5.89 Å². The summed E-state index contributed by atoms with van der Waals surface area (Å²) in [5.41, 5.74) is 1.31. The molecule has 0 saturated heterocycles. The molecule has 1 aliphatic heterocycles. The molecule has 0 bridgehead atoms. The molecule has 5 heterocycles. The summed E-state index contributed by atoms with van der Waals surface area (Å²) < 4.78 is 49.7. The number of fused-ring (bicyclic) bond motifs is 2. The van der Waals surface area contributed by atoms with Crippen LogP contribution < -0.4 is 4.74 Å². The molecule has 5 rings (SSSR count). The first-order valence-corrected chi connectivity index (χ1v) is 10.4. The van der Waals surface area contributed by atoms with Crippen LogP contribution in [0.1, 0.15) is 60.5 Å². The van der Waals surface area contributed by atoms with E-state index >= 15 is 0 Å². The van der Waals surface area contributed by atoms with Crippen LogP contribution in [-0.4, -0.2) is 53.5 Å². The van der Waals surface area contributed by atoms with E-state index in [0.29, 0.717) is 23.7 Å². The fourth-order valence-corrected chi connectivity index (χ4v) is 3.88. The second-order valence-corrected chi connectivity index (χ2v) is 8.90. The molecule has 4 aromatic heterocycles. The van der Waals surface area contributed by atoms with Crippen LogP contribution in [0.25, 0.3) is 5.52 Å². The molecule has 0 spiro atoms. The van der Waals surface area contributed by atoms with E-state index in [0.717, 1.165) is 5.69 Å². The summed E-state index contributed by atoms with van der Waals surface area (Å²) in [6.45, 7) is 5.93. The molecule has 0 aliphatic carbocycles. The third kappa shape index (κ3) is 3.86. The normalized spacial score (nSPS) is 16.6. The van der Waals surface area contributed by atoms with Crippen LogP contribution >= 0.6 is 0 Å². The third-order valence-corrected chi connectivity index (χ3v) is 5.42. The van der Waals surface area contributed by atoms with Gasteiger partial charge >= 0.3 is 18.2 Å². The fourth-order valence-electron chi connectivity index (χ4n) is 3.88. The number of aromatic amines is 1. The number of hydrogen-bond acceptors (Lipinski definition) is 7. The molecule has 0 saturated carbocycles. The van der Waals surface area contributed by atoms with Crippen LogP contribution in [0.4, 0.5) is 13.2 Å². The van der Waals surface area contributed by atoms with Crippen LogP contribution in [0.3, 0.4) is 0 Å². The van der Waals surface area contributed by atoms with Crippen LogP contribution in [-0.2, 0) is 11.8 Å². The number of aromatic nitrogens is 6. The number of halogens is 3. The van der Waals surface area contributed by atoms with Gasteiger partial charge in [-0.2, -0.15) is 5.10 Å².